The number of phenols is 1. The Hall–Kier alpha value is -2.01. The zero-order valence-corrected chi connectivity index (χ0v) is 11.6. The minimum atomic E-state index is -0.804. The van der Waals surface area contributed by atoms with Crippen LogP contribution in [0.25, 0.3) is 11.0 Å². The van der Waals surface area contributed by atoms with Crippen molar-refractivity contribution in [1.82, 2.24) is 0 Å². The van der Waals surface area contributed by atoms with Gasteiger partial charge in [-0.15, -0.1) is 0 Å². The monoisotopic (exact) mass is 276 g/mol. The van der Waals surface area contributed by atoms with Gasteiger partial charge in [-0.05, 0) is 32.9 Å². The van der Waals surface area contributed by atoms with Gasteiger partial charge in [0.25, 0.3) is 0 Å². The minimum Gasteiger partial charge on any atom is -0.508 e. The van der Waals surface area contributed by atoms with Crippen molar-refractivity contribution in [2.75, 3.05) is 6.61 Å². The minimum absolute atomic E-state index is 0.113. The van der Waals surface area contributed by atoms with Gasteiger partial charge in [-0.2, -0.15) is 0 Å². The number of rotatable bonds is 1. The highest BCUT2D eigenvalue weighted by Gasteiger charge is 2.46. The number of aliphatic hydroxyl groups is 1. The lowest BCUT2D eigenvalue weighted by Gasteiger charge is -2.23. The quantitative estimate of drug-likeness (QED) is 0.777. The van der Waals surface area contributed by atoms with E-state index in [0.717, 1.165) is 0 Å². The zero-order chi connectivity index (χ0) is 14.7. The van der Waals surface area contributed by atoms with E-state index in [0.29, 0.717) is 27.8 Å². The molecule has 1 aromatic heterocycles. The average Bonchev–Trinajstić information content (AvgIpc) is 2.67. The second kappa shape index (κ2) is 3.99. The maximum atomic E-state index is 12.2. The molecule has 0 aliphatic carbocycles. The van der Waals surface area contributed by atoms with E-state index < -0.39 is 11.0 Å². The van der Waals surface area contributed by atoms with Gasteiger partial charge in [0, 0.05) is 5.56 Å². The van der Waals surface area contributed by atoms with Crippen molar-refractivity contribution in [3.05, 3.63) is 33.7 Å². The average molecular weight is 276 g/mol. The van der Waals surface area contributed by atoms with Crippen molar-refractivity contribution >= 4 is 11.0 Å². The van der Waals surface area contributed by atoms with Crippen molar-refractivity contribution in [3.8, 4) is 11.5 Å². The standard InChI is InChI=1S/C15H16O5/c1-7-9(17)4-5-10-11(7)13-12(14(18)20-10)15(3,6-16)8(2)19-13/h4-5,8,16-17H,6H2,1-3H3/t8-,15+/m0/s1. The van der Waals surface area contributed by atoms with Gasteiger partial charge >= 0.3 is 5.63 Å². The van der Waals surface area contributed by atoms with Crippen LogP contribution in [0.5, 0.6) is 11.5 Å². The number of aliphatic hydroxyl groups excluding tert-OH is 1. The number of hydrogen-bond acceptors (Lipinski definition) is 5. The number of phenolic OH excluding ortho intramolecular Hbond substituents is 1. The summed E-state index contributed by atoms with van der Waals surface area (Å²) in [5.41, 5.74) is 0.00432. The maximum Gasteiger partial charge on any atom is 0.344 e. The van der Waals surface area contributed by atoms with Crippen LogP contribution in [0.15, 0.2) is 21.3 Å². The van der Waals surface area contributed by atoms with E-state index in [1.807, 2.05) is 0 Å². The van der Waals surface area contributed by atoms with Gasteiger partial charge in [0.05, 0.1) is 23.0 Å². The summed E-state index contributed by atoms with van der Waals surface area (Å²) in [5.74, 6) is 0.524. The Morgan fingerprint density at radius 1 is 1.40 bits per heavy atom. The molecular formula is C15H16O5. The first-order valence-electron chi connectivity index (χ1n) is 6.47. The maximum absolute atomic E-state index is 12.2. The number of fused-ring (bicyclic) bond motifs is 3. The van der Waals surface area contributed by atoms with E-state index >= 15 is 0 Å². The fraction of sp³-hybridized carbons (Fsp3) is 0.400. The lowest BCUT2D eigenvalue weighted by Crippen LogP contribution is -2.39. The Kier molecular flexibility index (Phi) is 2.59. The SMILES string of the molecule is Cc1c(O)ccc2oc(=O)c3c(c12)O[C@@H](C)[C@@]3(C)CO. The predicted molar refractivity (Wildman–Crippen MR) is 73.4 cm³/mol. The van der Waals surface area contributed by atoms with E-state index in [1.165, 1.54) is 6.07 Å². The molecule has 1 aliphatic heterocycles. The predicted octanol–water partition coefficient (Wildman–Crippen LogP) is 1.84. The molecular weight excluding hydrogens is 260 g/mol. The Labute approximate surface area is 115 Å². The summed E-state index contributed by atoms with van der Waals surface area (Å²) in [5, 5.41) is 20.1. The summed E-state index contributed by atoms with van der Waals surface area (Å²) in [4.78, 5) is 12.2. The van der Waals surface area contributed by atoms with Crippen LogP contribution >= 0.6 is 0 Å². The number of ether oxygens (including phenoxy) is 1. The van der Waals surface area contributed by atoms with Crippen LogP contribution < -0.4 is 10.4 Å². The fourth-order valence-electron chi connectivity index (χ4n) is 2.74. The van der Waals surface area contributed by atoms with Crippen LogP contribution in [0.2, 0.25) is 0 Å². The third-order valence-electron chi connectivity index (χ3n) is 4.35. The topological polar surface area (TPSA) is 79.9 Å². The largest absolute Gasteiger partial charge is 0.508 e. The first-order valence-corrected chi connectivity index (χ1v) is 6.47. The molecule has 1 aromatic carbocycles. The molecule has 5 nitrogen and oxygen atoms in total. The van der Waals surface area contributed by atoms with E-state index in [2.05, 4.69) is 0 Å². The van der Waals surface area contributed by atoms with E-state index in [1.54, 1.807) is 26.8 Å². The van der Waals surface area contributed by atoms with Gasteiger partial charge < -0.3 is 19.4 Å². The third-order valence-corrected chi connectivity index (χ3v) is 4.35. The third kappa shape index (κ3) is 1.44. The summed E-state index contributed by atoms with van der Waals surface area (Å²) in [6.07, 6.45) is -0.349. The lowest BCUT2D eigenvalue weighted by atomic mass is 9.81. The van der Waals surface area contributed by atoms with E-state index in [-0.39, 0.29) is 18.5 Å². The number of benzene rings is 1. The van der Waals surface area contributed by atoms with Crippen LogP contribution in [0.3, 0.4) is 0 Å². The molecule has 106 valence electrons. The summed E-state index contributed by atoms with van der Waals surface area (Å²) in [6, 6.07) is 3.03. The lowest BCUT2D eigenvalue weighted by molar-refractivity contribution is 0.112. The molecule has 0 amide bonds. The van der Waals surface area contributed by atoms with Crippen molar-refractivity contribution in [2.24, 2.45) is 0 Å². The van der Waals surface area contributed by atoms with Crippen molar-refractivity contribution in [2.45, 2.75) is 32.3 Å². The molecule has 2 aromatic rings. The Morgan fingerprint density at radius 2 is 2.10 bits per heavy atom. The van der Waals surface area contributed by atoms with Crippen LogP contribution in [-0.2, 0) is 5.41 Å². The molecule has 0 saturated carbocycles. The van der Waals surface area contributed by atoms with E-state index in [9.17, 15) is 15.0 Å². The second-order valence-electron chi connectivity index (χ2n) is 5.51. The van der Waals surface area contributed by atoms with Crippen LogP contribution in [0, 0.1) is 6.92 Å². The molecule has 2 N–H and O–H groups in total. The molecule has 5 heteroatoms. The van der Waals surface area contributed by atoms with Crippen molar-refractivity contribution in [3.63, 3.8) is 0 Å². The second-order valence-corrected chi connectivity index (χ2v) is 5.51. The summed E-state index contributed by atoms with van der Waals surface area (Å²) < 4.78 is 11.1. The summed E-state index contributed by atoms with van der Waals surface area (Å²) >= 11 is 0. The number of hydrogen-bond donors (Lipinski definition) is 2. The summed E-state index contributed by atoms with van der Waals surface area (Å²) in [6.45, 7) is 5.10. The number of aryl methyl sites for hydroxylation is 1. The first-order chi connectivity index (χ1) is 9.40. The molecule has 2 atom stereocenters. The van der Waals surface area contributed by atoms with Gasteiger partial charge in [-0.1, -0.05) is 0 Å². The van der Waals surface area contributed by atoms with Crippen LogP contribution in [0.4, 0.5) is 0 Å². The van der Waals surface area contributed by atoms with Crippen LogP contribution in [0.1, 0.15) is 25.0 Å². The Morgan fingerprint density at radius 3 is 2.75 bits per heavy atom. The van der Waals surface area contributed by atoms with Gasteiger partial charge in [-0.25, -0.2) is 4.79 Å². The Bertz CT molecular complexity index is 761. The molecule has 1 aliphatic rings. The molecule has 0 radical (unpaired) electrons. The molecule has 3 rings (SSSR count). The molecule has 20 heavy (non-hydrogen) atoms. The number of aromatic hydroxyl groups is 1. The Balaban J connectivity index is 2.49. The highest BCUT2D eigenvalue weighted by atomic mass is 16.5. The van der Waals surface area contributed by atoms with Gasteiger partial charge in [0.2, 0.25) is 0 Å². The first kappa shape index (κ1) is 13.0. The molecule has 0 unspecified atom stereocenters. The normalized spacial score (nSPS) is 24.7. The summed E-state index contributed by atoms with van der Waals surface area (Å²) in [7, 11) is 0. The highest BCUT2D eigenvalue weighted by molar-refractivity contribution is 5.90. The van der Waals surface area contributed by atoms with Crippen LogP contribution in [-0.4, -0.2) is 22.9 Å². The molecule has 0 saturated heterocycles. The molecule has 2 heterocycles. The van der Waals surface area contributed by atoms with Gasteiger partial charge in [0.15, 0.2) is 0 Å². The smallest absolute Gasteiger partial charge is 0.344 e. The highest BCUT2D eigenvalue weighted by Crippen LogP contribution is 2.46. The molecule has 0 spiro atoms. The van der Waals surface area contributed by atoms with Crippen molar-refractivity contribution in [1.29, 1.82) is 0 Å². The van der Waals surface area contributed by atoms with Crippen molar-refractivity contribution < 1.29 is 19.4 Å². The van der Waals surface area contributed by atoms with Gasteiger partial charge in [0.1, 0.15) is 23.2 Å². The van der Waals surface area contributed by atoms with E-state index in [4.69, 9.17) is 9.15 Å². The molecule has 0 fully saturated rings. The van der Waals surface area contributed by atoms with Gasteiger partial charge in [-0.3, -0.25) is 0 Å². The molecule has 0 bridgehead atoms. The zero-order valence-electron chi connectivity index (χ0n) is 11.6. The fourth-order valence-corrected chi connectivity index (χ4v) is 2.74.